The van der Waals surface area contributed by atoms with E-state index in [9.17, 15) is 4.79 Å². The van der Waals surface area contributed by atoms with Gasteiger partial charge in [-0.25, -0.2) is 0 Å². The Morgan fingerprint density at radius 2 is 2.21 bits per heavy atom. The molecule has 1 aromatic heterocycles. The summed E-state index contributed by atoms with van der Waals surface area (Å²) in [5, 5.41) is 4.29. The lowest BCUT2D eigenvalue weighted by atomic mass is 10.2. The summed E-state index contributed by atoms with van der Waals surface area (Å²) in [7, 11) is 0. The SMILES string of the molecule is Cc1nn(CC(C)C(N)=O)c(C)c1Br. The van der Waals surface area contributed by atoms with E-state index >= 15 is 0 Å². The van der Waals surface area contributed by atoms with E-state index in [0.717, 1.165) is 15.9 Å². The van der Waals surface area contributed by atoms with Crippen molar-refractivity contribution < 1.29 is 4.79 Å². The molecule has 78 valence electrons. The molecule has 0 aliphatic rings. The summed E-state index contributed by atoms with van der Waals surface area (Å²) in [6.45, 7) is 6.21. The third-order valence-electron chi connectivity index (χ3n) is 2.23. The molecule has 5 heteroatoms. The maximum absolute atomic E-state index is 10.9. The monoisotopic (exact) mass is 259 g/mol. The third-order valence-corrected chi connectivity index (χ3v) is 3.37. The molecule has 1 atom stereocenters. The summed E-state index contributed by atoms with van der Waals surface area (Å²) < 4.78 is 2.80. The number of carbonyl (C=O) groups excluding carboxylic acids is 1. The van der Waals surface area contributed by atoms with Gasteiger partial charge in [0.15, 0.2) is 0 Å². The van der Waals surface area contributed by atoms with Crippen LogP contribution < -0.4 is 5.73 Å². The lowest BCUT2D eigenvalue weighted by Gasteiger charge is -2.08. The van der Waals surface area contributed by atoms with Crippen molar-refractivity contribution in [2.75, 3.05) is 0 Å². The van der Waals surface area contributed by atoms with Gasteiger partial charge >= 0.3 is 0 Å². The molecular formula is C9H14BrN3O. The molecule has 0 aromatic carbocycles. The zero-order valence-electron chi connectivity index (χ0n) is 8.54. The quantitative estimate of drug-likeness (QED) is 0.892. The average molecular weight is 260 g/mol. The minimum atomic E-state index is -0.298. The smallest absolute Gasteiger partial charge is 0.222 e. The number of hydrogen-bond acceptors (Lipinski definition) is 2. The molecule has 1 aromatic rings. The Labute approximate surface area is 91.6 Å². The van der Waals surface area contributed by atoms with Gasteiger partial charge in [0.1, 0.15) is 0 Å². The first-order valence-corrected chi connectivity index (χ1v) is 5.21. The highest BCUT2D eigenvalue weighted by Gasteiger charge is 2.14. The fourth-order valence-electron chi connectivity index (χ4n) is 1.20. The fraction of sp³-hybridized carbons (Fsp3) is 0.556. The maximum atomic E-state index is 10.9. The molecular weight excluding hydrogens is 246 g/mol. The van der Waals surface area contributed by atoms with Crippen molar-refractivity contribution in [1.82, 2.24) is 9.78 Å². The van der Waals surface area contributed by atoms with E-state index in [2.05, 4.69) is 21.0 Å². The summed E-state index contributed by atoms with van der Waals surface area (Å²) in [4.78, 5) is 10.9. The largest absolute Gasteiger partial charge is 0.369 e. The molecule has 0 radical (unpaired) electrons. The number of carbonyl (C=O) groups is 1. The number of primary amides is 1. The van der Waals surface area contributed by atoms with Crippen LogP contribution >= 0.6 is 15.9 Å². The molecule has 14 heavy (non-hydrogen) atoms. The van der Waals surface area contributed by atoms with Crippen LogP contribution in [0.2, 0.25) is 0 Å². The topological polar surface area (TPSA) is 60.9 Å². The molecule has 0 fully saturated rings. The number of nitrogens with zero attached hydrogens (tertiary/aromatic N) is 2. The maximum Gasteiger partial charge on any atom is 0.222 e. The number of amides is 1. The molecule has 0 bridgehead atoms. The zero-order valence-corrected chi connectivity index (χ0v) is 10.1. The molecule has 1 unspecified atom stereocenters. The average Bonchev–Trinajstić information content (AvgIpc) is 2.33. The van der Waals surface area contributed by atoms with Crippen molar-refractivity contribution in [3.05, 3.63) is 15.9 Å². The van der Waals surface area contributed by atoms with Gasteiger partial charge in [-0.2, -0.15) is 5.10 Å². The number of hydrogen-bond donors (Lipinski definition) is 1. The number of aryl methyl sites for hydroxylation is 1. The minimum absolute atomic E-state index is 0.195. The number of rotatable bonds is 3. The van der Waals surface area contributed by atoms with Crippen LogP contribution in [0.1, 0.15) is 18.3 Å². The van der Waals surface area contributed by atoms with Gasteiger partial charge in [0, 0.05) is 5.69 Å². The van der Waals surface area contributed by atoms with Crippen LogP contribution in [0, 0.1) is 19.8 Å². The predicted octanol–water partition coefficient (Wildman–Crippen LogP) is 1.38. The van der Waals surface area contributed by atoms with E-state index in [1.807, 2.05) is 13.8 Å². The van der Waals surface area contributed by atoms with Crippen molar-refractivity contribution in [1.29, 1.82) is 0 Å². The van der Waals surface area contributed by atoms with Crippen LogP contribution in [0.4, 0.5) is 0 Å². The van der Waals surface area contributed by atoms with Crippen molar-refractivity contribution in [2.45, 2.75) is 27.3 Å². The zero-order chi connectivity index (χ0) is 10.9. The fourth-order valence-corrected chi connectivity index (χ4v) is 1.49. The standard InChI is InChI=1S/C9H14BrN3O/c1-5(9(11)14)4-13-7(3)8(10)6(2)12-13/h5H,4H2,1-3H3,(H2,11,14). The van der Waals surface area contributed by atoms with Gasteiger partial charge in [-0.05, 0) is 29.8 Å². The summed E-state index contributed by atoms with van der Waals surface area (Å²) in [6, 6.07) is 0. The highest BCUT2D eigenvalue weighted by molar-refractivity contribution is 9.10. The number of aromatic nitrogens is 2. The molecule has 1 amide bonds. The first kappa shape index (κ1) is 11.2. The van der Waals surface area contributed by atoms with Crippen molar-refractivity contribution in [3.8, 4) is 0 Å². The molecule has 4 nitrogen and oxygen atoms in total. The molecule has 1 rings (SSSR count). The normalized spacial score (nSPS) is 12.9. The van der Waals surface area contributed by atoms with E-state index in [0.29, 0.717) is 6.54 Å². The Bertz CT molecular complexity index is 359. The van der Waals surface area contributed by atoms with Gasteiger partial charge in [0.05, 0.1) is 22.6 Å². The summed E-state index contributed by atoms with van der Waals surface area (Å²) in [5.74, 6) is -0.492. The Balaban J connectivity index is 2.87. The Kier molecular flexibility index (Phi) is 3.31. The van der Waals surface area contributed by atoms with Crippen molar-refractivity contribution in [3.63, 3.8) is 0 Å². The highest BCUT2D eigenvalue weighted by atomic mass is 79.9. The molecule has 2 N–H and O–H groups in total. The van der Waals surface area contributed by atoms with Gasteiger partial charge in [-0.3, -0.25) is 9.48 Å². The van der Waals surface area contributed by atoms with Gasteiger partial charge in [-0.15, -0.1) is 0 Å². The van der Waals surface area contributed by atoms with E-state index in [1.54, 1.807) is 11.6 Å². The van der Waals surface area contributed by atoms with Crippen molar-refractivity contribution in [2.24, 2.45) is 11.7 Å². The Hall–Kier alpha value is -0.840. The Morgan fingerprint density at radius 1 is 1.64 bits per heavy atom. The summed E-state index contributed by atoms with van der Waals surface area (Å²) in [6.07, 6.45) is 0. The van der Waals surface area contributed by atoms with Gasteiger partial charge in [0.2, 0.25) is 5.91 Å². The van der Waals surface area contributed by atoms with Crippen LogP contribution in [0.15, 0.2) is 4.47 Å². The van der Waals surface area contributed by atoms with Gasteiger partial charge in [-0.1, -0.05) is 6.92 Å². The third kappa shape index (κ3) is 2.15. The lowest BCUT2D eigenvalue weighted by Crippen LogP contribution is -2.25. The second-order valence-corrected chi connectivity index (χ2v) is 4.26. The van der Waals surface area contributed by atoms with E-state index in [4.69, 9.17) is 5.73 Å². The minimum Gasteiger partial charge on any atom is -0.369 e. The Morgan fingerprint density at radius 3 is 2.57 bits per heavy atom. The molecule has 0 aliphatic carbocycles. The van der Waals surface area contributed by atoms with Crippen LogP contribution in [-0.2, 0) is 11.3 Å². The van der Waals surface area contributed by atoms with Crippen LogP contribution in [-0.4, -0.2) is 15.7 Å². The van der Waals surface area contributed by atoms with Crippen molar-refractivity contribution >= 4 is 21.8 Å². The van der Waals surface area contributed by atoms with Crippen LogP contribution in [0.3, 0.4) is 0 Å². The van der Waals surface area contributed by atoms with Gasteiger partial charge < -0.3 is 5.73 Å². The first-order valence-electron chi connectivity index (χ1n) is 4.42. The number of nitrogens with two attached hydrogens (primary N) is 1. The summed E-state index contributed by atoms with van der Waals surface area (Å²) >= 11 is 3.43. The number of halogens is 1. The van der Waals surface area contributed by atoms with Gasteiger partial charge in [0.25, 0.3) is 0 Å². The molecule has 0 aliphatic heterocycles. The second kappa shape index (κ2) is 4.13. The lowest BCUT2D eigenvalue weighted by molar-refractivity contribution is -0.121. The highest BCUT2D eigenvalue weighted by Crippen LogP contribution is 2.20. The van der Waals surface area contributed by atoms with E-state index in [-0.39, 0.29) is 11.8 Å². The molecule has 0 spiro atoms. The predicted molar refractivity (Wildman–Crippen MR) is 57.8 cm³/mol. The summed E-state index contributed by atoms with van der Waals surface area (Å²) in [5.41, 5.74) is 7.14. The first-order chi connectivity index (χ1) is 6.43. The molecule has 0 saturated heterocycles. The second-order valence-electron chi connectivity index (χ2n) is 3.47. The van der Waals surface area contributed by atoms with Crippen LogP contribution in [0.5, 0.6) is 0 Å². The molecule has 1 heterocycles. The van der Waals surface area contributed by atoms with E-state index < -0.39 is 0 Å². The van der Waals surface area contributed by atoms with Crippen LogP contribution in [0.25, 0.3) is 0 Å². The molecule has 0 saturated carbocycles. The van der Waals surface area contributed by atoms with E-state index in [1.165, 1.54) is 0 Å².